The summed E-state index contributed by atoms with van der Waals surface area (Å²) in [7, 11) is 0. The fourth-order valence-corrected chi connectivity index (χ4v) is 2.47. The molecule has 2 aromatic heterocycles. The van der Waals surface area contributed by atoms with Gasteiger partial charge < -0.3 is 4.40 Å². The average molecular weight is 228 g/mol. The third kappa shape index (κ3) is 1.75. The fourth-order valence-electron chi connectivity index (χ4n) is 2.47. The van der Waals surface area contributed by atoms with Crippen LogP contribution in [0.3, 0.4) is 0 Å². The second-order valence-corrected chi connectivity index (χ2v) is 4.96. The van der Waals surface area contributed by atoms with Gasteiger partial charge in [0.2, 0.25) is 0 Å². The summed E-state index contributed by atoms with van der Waals surface area (Å²) >= 11 is 0. The minimum Gasteiger partial charge on any atom is -0.303 e. The van der Waals surface area contributed by atoms with Gasteiger partial charge in [-0.2, -0.15) is 0 Å². The van der Waals surface area contributed by atoms with Crippen LogP contribution in [0.2, 0.25) is 0 Å². The summed E-state index contributed by atoms with van der Waals surface area (Å²) in [6.45, 7) is 3.67. The molecule has 2 aromatic rings. The van der Waals surface area contributed by atoms with Gasteiger partial charge >= 0.3 is 0 Å². The van der Waals surface area contributed by atoms with Gasteiger partial charge in [0.15, 0.2) is 0 Å². The number of rotatable bonds is 3. The number of nitrogens with zero attached hydrogens (tertiary/aromatic N) is 2. The Bertz CT molecular complexity index is 594. The summed E-state index contributed by atoms with van der Waals surface area (Å²) in [5.41, 5.74) is 3.27. The number of pyridine rings is 1. The van der Waals surface area contributed by atoms with Gasteiger partial charge in [0, 0.05) is 18.5 Å². The van der Waals surface area contributed by atoms with Crippen LogP contribution in [0.1, 0.15) is 42.8 Å². The van der Waals surface area contributed by atoms with Crippen LogP contribution < -0.4 is 0 Å². The number of carbonyl (C=O) groups excluding carboxylic acids is 1. The van der Waals surface area contributed by atoms with Gasteiger partial charge in [-0.15, -0.1) is 0 Å². The summed E-state index contributed by atoms with van der Waals surface area (Å²) in [4.78, 5) is 16.0. The molecule has 2 heterocycles. The number of Topliss-reactive ketones (excluding diaryl/α,β-unsaturated/α-hetero) is 1. The summed E-state index contributed by atoms with van der Waals surface area (Å²) < 4.78 is 2.17. The van der Waals surface area contributed by atoms with E-state index in [4.69, 9.17) is 0 Å². The van der Waals surface area contributed by atoms with Crippen molar-refractivity contribution in [3.8, 4) is 0 Å². The molecule has 0 spiro atoms. The maximum absolute atomic E-state index is 11.3. The van der Waals surface area contributed by atoms with Gasteiger partial charge in [-0.1, -0.05) is 6.07 Å². The molecular weight excluding hydrogens is 212 g/mol. The molecule has 17 heavy (non-hydrogen) atoms. The van der Waals surface area contributed by atoms with E-state index in [1.807, 2.05) is 19.1 Å². The predicted molar refractivity (Wildman–Crippen MR) is 66.3 cm³/mol. The van der Waals surface area contributed by atoms with Crippen molar-refractivity contribution in [3.05, 3.63) is 35.4 Å². The molecule has 3 nitrogen and oxygen atoms in total. The first-order chi connectivity index (χ1) is 8.16. The number of imidazole rings is 1. The molecule has 0 amide bonds. The van der Waals surface area contributed by atoms with E-state index in [1.54, 1.807) is 6.92 Å². The monoisotopic (exact) mass is 228 g/mol. The van der Waals surface area contributed by atoms with Crippen molar-refractivity contribution in [1.82, 2.24) is 9.38 Å². The zero-order valence-corrected chi connectivity index (χ0v) is 10.2. The summed E-state index contributed by atoms with van der Waals surface area (Å²) in [6, 6.07) is 4.04. The van der Waals surface area contributed by atoms with E-state index in [-0.39, 0.29) is 5.78 Å². The van der Waals surface area contributed by atoms with Gasteiger partial charge in [0.05, 0.1) is 11.2 Å². The van der Waals surface area contributed by atoms with E-state index in [9.17, 15) is 4.79 Å². The lowest BCUT2D eigenvalue weighted by Crippen LogP contribution is -2.00. The van der Waals surface area contributed by atoms with Crippen molar-refractivity contribution in [1.29, 1.82) is 0 Å². The van der Waals surface area contributed by atoms with Crippen molar-refractivity contribution in [2.75, 3.05) is 0 Å². The van der Waals surface area contributed by atoms with Crippen LogP contribution in [0, 0.1) is 6.92 Å². The molecule has 3 heteroatoms. The summed E-state index contributed by atoms with van der Waals surface area (Å²) in [6.07, 6.45) is 5.05. The van der Waals surface area contributed by atoms with Gasteiger partial charge in [0.25, 0.3) is 0 Å². The Kier molecular flexibility index (Phi) is 2.28. The van der Waals surface area contributed by atoms with Crippen LogP contribution in [-0.2, 0) is 11.2 Å². The SMILES string of the molecule is CC(=O)Cc1cccn2c(C3CC3)nc(C)c12. The van der Waals surface area contributed by atoms with Crippen LogP contribution in [0.15, 0.2) is 18.3 Å². The number of ketones is 1. The van der Waals surface area contributed by atoms with E-state index >= 15 is 0 Å². The molecule has 1 saturated carbocycles. The van der Waals surface area contributed by atoms with Gasteiger partial charge in [-0.3, -0.25) is 4.79 Å². The first kappa shape index (κ1) is 10.5. The standard InChI is InChI=1S/C14H16N2O/c1-9(17)8-12-4-3-7-16-13(12)10(2)15-14(16)11-5-6-11/h3-4,7,11H,5-6,8H2,1-2H3. The number of hydrogen-bond acceptors (Lipinski definition) is 2. The van der Waals surface area contributed by atoms with Crippen molar-refractivity contribution in [2.24, 2.45) is 0 Å². The largest absolute Gasteiger partial charge is 0.303 e. The molecule has 1 fully saturated rings. The molecule has 0 bridgehead atoms. The Morgan fingerprint density at radius 2 is 2.29 bits per heavy atom. The second-order valence-electron chi connectivity index (χ2n) is 4.96. The lowest BCUT2D eigenvalue weighted by Gasteiger charge is -2.04. The van der Waals surface area contributed by atoms with E-state index in [0.717, 1.165) is 16.8 Å². The van der Waals surface area contributed by atoms with Crippen molar-refractivity contribution in [2.45, 2.75) is 39.0 Å². The first-order valence-electron chi connectivity index (χ1n) is 6.12. The van der Waals surface area contributed by atoms with Crippen molar-refractivity contribution >= 4 is 11.3 Å². The van der Waals surface area contributed by atoms with Crippen molar-refractivity contribution < 1.29 is 4.79 Å². The Morgan fingerprint density at radius 3 is 2.94 bits per heavy atom. The molecule has 0 saturated heterocycles. The molecule has 88 valence electrons. The predicted octanol–water partition coefficient (Wildman–Crippen LogP) is 2.65. The lowest BCUT2D eigenvalue weighted by molar-refractivity contribution is -0.116. The second kappa shape index (κ2) is 3.69. The number of aromatic nitrogens is 2. The summed E-state index contributed by atoms with van der Waals surface area (Å²) in [5.74, 6) is 2.00. The Morgan fingerprint density at radius 1 is 1.53 bits per heavy atom. The minimum atomic E-state index is 0.201. The molecule has 0 radical (unpaired) electrons. The van der Waals surface area contributed by atoms with Gasteiger partial charge in [0.1, 0.15) is 11.6 Å². The van der Waals surface area contributed by atoms with Crippen LogP contribution in [0.4, 0.5) is 0 Å². The smallest absolute Gasteiger partial charge is 0.134 e. The van der Waals surface area contributed by atoms with Crippen LogP contribution in [0.5, 0.6) is 0 Å². The summed E-state index contributed by atoms with van der Waals surface area (Å²) in [5, 5.41) is 0. The third-order valence-electron chi connectivity index (χ3n) is 3.33. The maximum atomic E-state index is 11.3. The van der Waals surface area contributed by atoms with Crippen LogP contribution in [0.25, 0.3) is 5.52 Å². The molecule has 1 aliphatic carbocycles. The number of hydrogen-bond donors (Lipinski definition) is 0. The Balaban J connectivity index is 2.20. The van der Waals surface area contributed by atoms with E-state index < -0.39 is 0 Å². The lowest BCUT2D eigenvalue weighted by atomic mass is 10.1. The van der Waals surface area contributed by atoms with Gasteiger partial charge in [-0.05, 0) is 38.3 Å². The highest BCUT2D eigenvalue weighted by Gasteiger charge is 2.29. The zero-order valence-electron chi connectivity index (χ0n) is 10.2. The number of carbonyl (C=O) groups is 1. The molecule has 0 aromatic carbocycles. The maximum Gasteiger partial charge on any atom is 0.134 e. The quantitative estimate of drug-likeness (QED) is 0.809. The average Bonchev–Trinajstić information content (AvgIpc) is 3.04. The van der Waals surface area contributed by atoms with E-state index in [2.05, 4.69) is 15.6 Å². The highest BCUT2D eigenvalue weighted by Crippen LogP contribution is 2.40. The Labute approximate surface area is 100 Å². The highest BCUT2D eigenvalue weighted by atomic mass is 16.1. The first-order valence-corrected chi connectivity index (χ1v) is 6.12. The molecule has 1 aliphatic rings. The number of aryl methyl sites for hydroxylation is 1. The molecule has 0 unspecified atom stereocenters. The van der Waals surface area contributed by atoms with E-state index in [1.165, 1.54) is 18.7 Å². The van der Waals surface area contributed by atoms with Crippen LogP contribution >= 0.6 is 0 Å². The molecule has 0 N–H and O–H groups in total. The number of fused-ring (bicyclic) bond motifs is 1. The normalized spacial score (nSPS) is 15.4. The highest BCUT2D eigenvalue weighted by molar-refractivity contribution is 5.81. The fraction of sp³-hybridized carbons (Fsp3) is 0.429. The topological polar surface area (TPSA) is 34.4 Å². The minimum absolute atomic E-state index is 0.201. The Hall–Kier alpha value is -1.64. The zero-order chi connectivity index (χ0) is 12.0. The molecule has 0 atom stereocenters. The van der Waals surface area contributed by atoms with Crippen LogP contribution in [-0.4, -0.2) is 15.2 Å². The van der Waals surface area contributed by atoms with Crippen molar-refractivity contribution in [3.63, 3.8) is 0 Å². The third-order valence-corrected chi connectivity index (χ3v) is 3.33. The molecule has 0 aliphatic heterocycles. The van der Waals surface area contributed by atoms with E-state index in [0.29, 0.717) is 12.3 Å². The molecule has 3 rings (SSSR count). The molecular formula is C14H16N2O. The van der Waals surface area contributed by atoms with Gasteiger partial charge in [-0.25, -0.2) is 4.98 Å².